The van der Waals surface area contributed by atoms with Gasteiger partial charge in [0.2, 0.25) is 0 Å². The number of anilines is 1. The molecule has 1 aromatic carbocycles. The van der Waals surface area contributed by atoms with Crippen LogP contribution in [-0.4, -0.2) is 18.2 Å². The Balaban J connectivity index is 2.46. The Kier molecular flexibility index (Phi) is 3.51. The van der Waals surface area contributed by atoms with Gasteiger partial charge in [0.05, 0.1) is 22.2 Å². The van der Waals surface area contributed by atoms with Gasteiger partial charge in [-0.25, -0.2) is 8.42 Å². The zero-order chi connectivity index (χ0) is 14.9. The summed E-state index contributed by atoms with van der Waals surface area (Å²) in [6.07, 6.45) is 0. The number of hydrogen-bond acceptors (Lipinski definition) is 4. The lowest BCUT2D eigenvalue weighted by molar-refractivity contribution is 0.599. The van der Waals surface area contributed by atoms with Gasteiger partial charge in [0.25, 0.3) is 10.0 Å². The number of nitrogens with one attached hydrogen (secondary N) is 1. The third kappa shape index (κ3) is 2.65. The number of aryl methyl sites for hydroxylation is 3. The van der Waals surface area contributed by atoms with Crippen molar-refractivity contribution in [2.75, 3.05) is 4.72 Å². The van der Waals surface area contributed by atoms with Crippen LogP contribution >= 0.6 is 0 Å². The van der Waals surface area contributed by atoms with Crippen LogP contribution in [0.3, 0.4) is 0 Å². The summed E-state index contributed by atoms with van der Waals surface area (Å²) in [4.78, 5) is 0.0930. The molecule has 0 fully saturated rings. The summed E-state index contributed by atoms with van der Waals surface area (Å²) in [5.74, 6) is 0.379. The second-order valence-corrected chi connectivity index (χ2v) is 6.14. The van der Waals surface area contributed by atoms with Crippen LogP contribution in [0.1, 0.15) is 16.8 Å². The maximum absolute atomic E-state index is 12.4. The maximum Gasteiger partial charge on any atom is 0.263 e. The summed E-state index contributed by atoms with van der Waals surface area (Å²) in [5.41, 5.74) is 1.60. The lowest BCUT2D eigenvalue weighted by Crippen LogP contribution is -2.16. The van der Waals surface area contributed by atoms with Crippen molar-refractivity contribution in [1.82, 2.24) is 9.78 Å². The van der Waals surface area contributed by atoms with Crippen molar-refractivity contribution in [2.45, 2.75) is 18.7 Å². The summed E-state index contributed by atoms with van der Waals surface area (Å²) >= 11 is 0. The van der Waals surface area contributed by atoms with Crippen LogP contribution < -0.4 is 4.72 Å². The highest BCUT2D eigenvalue weighted by atomic mass is 32.2. The summed E-state index contributed by atoms with van der Waals surface area (Å²) in [5, 5.41) is 13.0. The number of hydrogen-bond donors (Lipinski definition) is 1. The Morgan fingerprint density at radius 1 is 1.30 bits per heavy atom. The fourth-order valence-corrected chi connectivity index (χ4v) is 3.21. The monoisotopic (exact) mass is 290 g/mol. The molecule has 0 aliphatic carbocycles. The number of benzene rings is 1. The Labute approximate surface area is 117 Å². The van der Waals surface area contributed by atoms with Gasteiger partial charge in [0.1, 0.15) is 5.82 Å². The van der Waals surface area contributed by atoms with E-state index in [1.807, 2.05) is 6.07 Å². The van der Waals surface area contributed by atoms with Gasteiger partial charge in [0.15, 0.2) is 0 Å². The average Bonchev–Trinajstić information content (AvgIpc) is 2.67. The van der Waals surface area contributed by atoms with E-state index in [9.17, 15) is 8.42 Å². The molecule has 2 aromatic rings. The molecule has 0 saturated heterocycles. The number of sulfonamides is 1. The standard InChI is InChI=1S/C13H14N4O2S/c1-9-4-5-11(8-14)7-12(9)20(18,19)16-13-6-10(2)15-17(13)3/h4-7,16H,1-3H3. The van der Waals surface area contributed by atoms with Gasteiger partial charge in [0, 0.05) is 13.1 Å². The first-order chi connectivity index (χ1) is 9.33. The number of aromatic nitrogens is 2. The molecule has 0 amide bonds. The predicted molar refractivity (Wildman–Crippen MR) is 74.6 cm³/mol. The summed E-state index contributed by atoms with van der Waals surface area (Å²) in [6, 6.07) is 8.14. The van der Waals surface area contributed by atoms with Crippen molar-refractivity contribution < 1.29 is 8.42 Å². The van der Waals surface area contributed by atoms with Crippen molar-refractivity contribution in [1.29, 1.82) is 5.26 Å². The Morgan fingerprint density at radius 3 is 2.55 bits per heavy atom. The maximum atomic E-state index is 12.4. The highest BCUT2D eigenvalue weighted by molar-refractivity contribution is 7.92. The quantitative estimate of drug-likeness (QED) is 0.932. The van der Waals surface area contributed by atoms with Gasteiger partial charge in [-0.15, -0.1) is 0 Å². The van der Waals surface area contributed by atoms with E-state index in [1.54, 1.807) is 39.1 Å². The van der Waals surface area contributed by atoms with Crippen molar-refractivity contribution >= 4 is 15.8 Å². The highest BCUT2D eigenvalue weighted by Crippen LogP contribution is 2.20. The van der Waals surface area contributed by atoms with Gasteiger partial charge in [-0.3, -0.25) is 9.40 Å². The molecule has 2 rings (SSSR count). The van der Waals surface area contributed by atoms with Crippen LogP contribution in [-0.2, 0) is 17.1 Å². The molecule has 1 heterocycles. The summed E-state index contributed by atoms with van der Waals surface area (Å²) < 4.78 is 28.7. The fraction of sp³-hybridized carbons (Fsp3) is 0.231. The van der Waals surface area contributed by atoms with E-state index in [1.165, 1.54) is 10.7 Å². The largest absolute Gasteiger partial charge is 0.264 e. The molecular weight excluding hydrogens is 276 g/mol. The molecule has 0 unspecified atom stereocenters. The highest BCUT2D eigenvalue weighted by Gasteiger charge is 2.19. The van der Waals surface area contributed by atoms with Crippen molar-refractivity contribution in [3.63, 3.8) is 0 Å². The second-order valence-electron chi connectivity index (χ2n) is 4.49. The zero-order valence-electron chi connectivity index (χ0n) is 11.4. The molecule has 6 nitrogen and oxygen atoms in total. The van der Waals surface area contributed by atoms with E-state index in [0.717, 1.165) is 0 Å². The fourth-order valence-electron chi connectivity index (χ4n) is 1.86. The molecule has 0 saturated carbocycles. The summed E-state index contributed by atoms with van der Waals surface area (Å²) in [6.45, 7) is 3.46. The number of rotatable bonds is 3. The first-order valence-corrected chi connectivity index (χ1v) is 7.36. The van der Waals surface area contributed by atoms with E-state index in [0.29, 0.717) is 22.6 Å². The van der Waals surface area contributed by atoms with E-state index < -0.39 is 10.0 Å². The molecule has 20 heavy (non-hydrogen) atoms. The third-order valence-electron chi connectivity index (χ3n) is 2.85. The van der Waals surface area contributed by atoms with Crippen LogP contribution in [0.15, 0.2) is 29.2 Å². The third-order valence-corrected chi connectivity index (χ3v) is 4.34. The van der Waals surface area contributed by atoms with Gasteiger partial charge < -0.3 is 0 Å². The van der Waals surface area contributed by atoms with Crippen molar-refractivity contribution in [3.05, 3.63) is 41.1 Å². The van der Waals surface area contributed by atoms with Gasteiger partial charge in [-0.05, 0) is 31.5 Å². The smallest absolute Gasteiger partial charge is 0.263 e. The minimum atomic E-state index is -3.75. The molecule has 0 radical (unpaired) electrons. The minimum Gasteiger partial charge on any atom is -0.264 e. The van der Waals surface area contributed by atoms with E-state index in [-0.39, 0.29) is 4.90 Å². The van der Waals surface area contributed by atoms with Crippen molar-refractivity contribution in [2.24, 2.45) is 7.05 Å². The lowest BCUT2D eigenvalue weighted by atomic mass is 10.2. The van der Waals surface area contributed by atoms with Gasteiger partial charge in [-0.1, -0.05) is 6.07 Å². The first kappa shape index (κ1) is 14.1. The van der Waals surface area contributed by atoms with Crippen LogP contribution in [0.5, 0.6) is 0 Å². The van der Waals surface area contributed by atoms with Gasteiger partial charge in [-0.2, -0.15) is 10.4 Å². The van der Waals surface area contributed by atoms with Crippen LogP contribution in [0.2, 0.25) is 0 Å². The molecule has 0 spiro atoms. The normalized spacial score (nSPS) is 11.1. The lowest BCUT2D eigenvalue weighted by Gasteiger charge is -2.10. The molecule has 7 heteroatoms. The van der Waals surface area contributed by atoms with Crippen LogP contribution in [0, 0.1) is 25.2 Å². The first-order valence-electron chi connectivity index (χ1n) is 5.87. The molecule has 0 bridgehead atoms. The van der Waals surface area contributed by atoms with Crippen molar-refractivity contribution in [3.8, 4) is 6.07 Å². The molecule has 0 aliphatic rings. The Morgan fingerprint density at radius 2 is 2.00 bits per heavy atom. The topological polar surface area (TPSA) is 87.8 Å². The van der Waals surface area contributed by atoms with Crippen LogP contribution in [0.4, 0.5) is 5.82 Å². The molecule has 1 N–H and O–H groups in total. The van der Waals surface area contributed by atoms with E-state index >= 15 is 0 Å². The Bertz CT molecular complexity index is 800. The molecule has 104 valence electrons. The second kappa shape index (κ2) is 4.98. The average molecular weight is 290 g/mol. The summed E-state index contributed by atoms with van der Waals surface area (Å²) in [7, 11) is -2.09. The SMILES string of the molecule is Cc1cc(NS(=O)(=O)c2cc(C#N)ccc2C)n(C)n1. The minimum absolute atomic E-state index is 0.0930. The van der Waals surface area contributed by atoms with Gasteiger partial charge >= 0.3 is 0 Å². The predicted octanol–water partition coefficient (Wildman–Crippen LogP) is 1.71. The zero-order valence-corrected chi connectivity index (χ0v) is 12.2. The number of nitriles is 1. The van der Waals surface area contributed by atoms with E-state index in [4.69, 9.17) is 5.26 Å². The molecular formula is C13H14N4O2S. The Hall–Kier alpha value is -2.33. The number of nitrogens with zero attached hydrogens (tertiary/aromatic N) is 3. The molecule has 1 aromatic heterocycles. The molecule has 0 atom stereocenters. The van der Waals surface area contributed by atoms with Crippen LogP contribution in [0.25, 0.3) is 0 Å². The molecule has 0 aliphatic heterocycles. The van der Waals surface area contributed by atoms with E-state index in [2.05, 4.69) is 9.82 Å².